The third-order valence-electron chi connectivity index (χ3n) is 2.79. The maximum atomic E-state index is 12.5. The van der Waals surface area contributed by atoms with E-state index in [2.05, 4.69) is 15.9 Å². The van der Waals surface area contributed by atoms with Gasteiger partial charge in [-0.25, -0.2) is 8.42 Å². The normalized spacial score (nSPS) is 13.1. The number of ether oxygens (including phenoxy) is 1. The molecule has 5 nitrogen and oxygen atoms in total. The Morgan fingerprint density at radius 1 is 1.53 bits per heavy atom. The van der Waals surface area contributed by atoms with Crippen LogP contribution >= 0.6 is 15.9 Å². The second-order valence-electron chi connectivity index (χ2n) is 4.03. The number of nitriles is 1. The molecule has 7 heteroatoms. The third-order valence-corrected chi connectivity index (χ3v) is 5.28. The van der Waals surface area contributed by atoms with Crippen LogP contribution in [0.15, 0.2) is 27.6 Å². The number of hydrogen-bond acceptors (Lipinski definition) is 4. The summed E-state index contributed by atoms with van der Waals surface area (Å²) in [4.78, 5) is 0.0802. The van der Waals surface area contributed by atoms with E-state index >= 15 is 0 Å². The van der Waals surface area contributed by atoms with E-state index in [1.165, 1.54) is 24.5 Å². The summed E-state index contributed by atoms with van der Waals surface area (Å²) in [5, 5.41) is 8.66. The second-order valence-corrected chi connectivity index (χ2v) is 6.91. The quantitative estimate of drug-likeness (QED) is 0.820. The molecular weight excluding hydrogens is 332 g/mol. The van der Waals surface area contributed by atoms with Crippen molar-refractivity contribution in [3.05, 3.63) is 22.7 Å². The summed E-state index contributed by atoms with van der Waals surface area (Å²) in [6, 6.07) is 6.34. The van der Waals surface area contributed by atoms with E-state index < -0.39 is 16.1 Å². The topological polar surface area (TPSA) is 70.4 Å². The van der Waals surface area contributed by atoms with Crippen LogP contribution in [0.5, 0.6) is 5.75 Å². The summed E-state index contributed by atoms with van der Waals surface area (Å²) >= 11 is 3.24. The van der Waals surface area contributed by atoms with E-state index in [1.807, 2.05) is 6.07 Å². The number of nitrogens with zero attached hydrogens (tertiary/aromatic N) is 2. The molecule has 0 N–H and O–H groups in total. The van der Waals surface area contributed by atoms with Gasteiger partial charge < -0.3 is 4.74 Å². The number of hydrogen-bond donors (Lipinski definition) is 0. The van der Waals surface area contributed by atoms with Gasteiger partial charge in [0.1, 0.15) is 10.6 Å². The van der Waals surface area contributed by atoms with E-state index in [1.54, 1.807) is 19.1 Å². The SMILES string of the molecule is COc1ccc(Br)cc1S(=O)(=O)N(C)C(C)CC#N. The first-order valence-electron chi connectivity index (χ1n) is 5.53. The van der Waals surface area contributed by atoms with Gasteiger partial charge in [0.25, 0.3) is 0 Å². The minimum Gasteiger partial charge on any atom is -0.495 e. The minimum absolute atomic E-state index is 0.0802. The van der Waals surface area contributed by atoms with Crippen molar-refractivity contribution in [2.24, 2.45) is 0 Å². The monoisotopic (exact) mass is 346 g/mol. The Labute approximate surface area is 122 Å². The van der Waals surface area contributed by atoms with E-state index in [4.69, 9.17) is 10.00 Å². The largest absolute Gasteiger partial charge is 0.495 e. The van der Waals surface area contributed by atoms with Gasteiger partial charge in [-0.15, -0.1) is 0 Å². The third kappa shape index (κ3) is 3.47. The highest BCUT2D eigenvalue weighted by Crippen LogP contribution is 2.30. The van der Waals surface area contributed by atoms with Crippen molar-refractivity contribution in [2.45, 2.75) is 24.3 Å². The molecule has 0 aliphatic rings. The summed E-state index contributed by atoms with van der Waals surface area (Å²) in [5.74, 6) is 0.277. The lowest BCUT2D eigenvalue weighted by Gasteiger charge is -2.23. The lowest BCUT2D eigenvalue weighted by atomic mass is 10.3. The summed E-state index contributed by atoms with van der Waals surface area (Å²) in [6.07, 6.45) is 0.131. The highest BCUT2D eigenvalue weighted by molar-refractivity contribution is 9.10. The molecule has 1 atom stereocenters. The number of methoxy groups -OCH3 is 1. The van der Waals surface area contributed by atoms with Crippen LogP contribution < -0.4 is 4.74 Å². The number of halogens is 1. The van der Waals surface area contributed by atoms with E-state index in [0.29, 0.717) is 4.47 Å². The van der Waals surface area contributed by atoms with Gasteiger partial charge >= 0.3 is 0 Å². The number of sulfonamides is 1. The van der Waals surface area contributed by atoms with Gasteiger partial charge in [-0.2, -0.15) is 9.57 Å². The van der Waals surface area contributed by atoms with Crippen molar-refractivity contribution in [1.82, 2.24) is 4.31 Å². The predicted octanol–water partition coefficient (Wildman–Crippen LogP) is 2.38. The molecule has 1 aromatic rings. The van der Waals surface area contributed by atoms with Crippen LogP contribution in [0.4, 0.5) is 0 Å². The Bertz CT molecular complexity index is 595. The molecule has 0 amide bonds. The van der Waals surface area contributed by atoms with Crippen LogP contribution in [0.25, 0.3) is 0 Å². The molecule has 0 aliphatic heterocycles. The second kappa shape index (κ2) is 6.37. The molecule has 0 bridgehead atoms. The van der Waals surface area contributed by atoms with Gasteiger partial charge in [-0.05, 0) is 25.1 Å². The number of benzene rings is 1. The van der Waals surface area contributed by atoms with Gasteiger partial charge in [0.15, 0.2) is 0 Å². The molecular formula is C12H15BrN2O3S. The lowest BCUT2D eigenvalue weighted by Crippen LogP contribution is -2.35. The highest BCUT2D eigenvalue weighted by atomic mass is 79.9. The zero-order chi connectivity index (χ0) is 14.6. The van der Waals surface area contributed by atoms with Crippen molar-refractivity contribution in [3.63, 3.8) is 0 Å². The predicted molar refractivity (Wildman–Crippen MR) is 75.3 cm³/mol. The van der Waals surface area contributed by atoms with Crippen molar-refractivity contribution in [2.75, 3.05) is 14.2 Å². The molecule has 104 valence electrons. The molecule has 0 radical (unpaired) electrons. The fraction of sp³-hybridized carbons (Fsp3) is 0.417. The fourth-order valence-corrected chi connectivity index (χ4v) is 3.56. The molecule has 0 saturated carbocycles. The van der Waals surface area contributed by atoms with Gasteiger partial charge in [-0.1, -0.05) is 15.9 Å². The molecule has 0 spiro atoms. The smallest absolute Gasteiger partial charge is 0.246 e. The maximum absolute atomic E-state index is 12.5. The van der Waals surface area contributed by atoms with E-state index in [-0.39, 0.29) is 17.1 Å². The highest BCUT2D eigenvalue weighted by Gasteiger charge is 2.28. The van der Waals surface area contributed by atoms with Crippen LogP contribution in [0.3, 0.4) is 0 Å². The first-order chi connectivity index (χ1) is 8.84. The van der Waals surface area contributed by atoms with Gasteiger partial charge in [0.05, 0.1) is 19.6 Å². The van der Waals surface area contributed by atoms with E-state index in [0.717, 1.165) is 0 Å². The van der Waals surface area contributed by atoms with Crippen LogP contribution in [-0.4, -0.2) is 32.9 Å². The summed E-state index contributed by atoms with van der Waals surface area (Å²) < 4.78 is 31.9. The van der Waals surface area contributed by atoms with E-state index in [9.17, 15) is 8.42 Å². The van der Waals surface area contributed by atoms with Crippen molar-refractivity contribution in [1.29, 1.82) is 5.26 Å². The molecule has 19 heavy (non-hydrogen) atoms. The minimum atomic E-state index is -3.70. The van der Waals surface area contributed by atoms with Crippen LogP contribution in [0.2, 0.25) is 0 Å². The molecule has 0 fully saturated rings. The molecule has 1 rings (SSSR count). The van der Waals surface area contributed by atoms with Crippen molar-refractivity contribution >= 4 is 26.0 Å². The average Bonchev–Trinajstić information content (AvgIpc) is 2.38. The maximum Gasteiger partial charge on any atom is 0.246 e. The first kappa shape index (κ1) is 16.0. The molecule has 0 aliphatic carbocycles. The number of rotatable bonds is 5. The molecule has 1 aromatic carbocycles. The molecule has 1 unspecified atom stereocenters. The summed E-state index contributed by atoms with van der Waals surface area (Å²) in [7, 11) is -0.825. The zero-order valence-corrected chi connectivity index (χ0v) is 13.3. The van der Waals surface area contributed by atoms with Crippen LogP contribution in [0.1, 0.15) is 13.3 Å². The fourth-order valence-electron chi connectivity index (χ4n) is 1.50. The Hall–Kier alpha value is -1.10. The Kier molecular flexibility index (Phi) is 5.35. The standard InChI is InChI=1S/C12H15BrN2O3S/c1-9(6-7-14)15(2)19(16,17)12-8-10(13)4-5-11(12)18-3/h4-5,8-9H,6H2,1-3H3. The summed E-state index contributed by atoms with van der Waals surface area (Å²) in [6.45, 7) is 1.69. The lowest BCUT2D eigenvalue weighted by molar-refractivity contribution is 0.379. The molecule has 0 saturated heterocycles. The Morgan fingerprint density at radius 3 is 2.68 bits per heavy atom. The average molecular weight is 347 g/mol. The Morgan fingerprint density at radius 2 is 2.16 bits per heavy atom. The molecule has 0 heterocycles. The first-order valence-corrected chi connectivity index (χ1v) is 7.76. The van der Waals surface area contributed by atoms with Crippen molar-refractivity contribution in [3.8, 4) is 11.8 Å². The van der Waals surface area contributed by atoms with Crippen LogP contribution in [-0.2, 0) is 10.0 Å². The van der Waals surface area contributed by atoms with Crippen LogP contribution in [0, 0.1) is 11.3 Å². The zero-order valence-electron chi connectivity index (χ0n) is 10.9. The summed E-state index contributed by atoms with van der Waals surface area (Å²) in [5.41, 5.74) is 0. The Balaban J connectivity index is 3.27. The molecule has 0 aromatic heterocycles. The van der Waals surface area contributed by atoms with Gasteiger partial charge in [-0.3, -0.25) is 0 Å². The van der Waals surface area contributed by atoms with Gasteiger partial charge in [0, 0.05) is 17.6 Å². The van der Waals surface area contributed by atoms with Crippen molar-refractivity contribution < 1.29 is 13.2 Å². The van der Waals surface area contributed by atoms with Gasteiger partial charge in [0.2, 0.25) is 10.0 Å².